The summed E-state index contributed by atoms with van der Waals surface area (Å²) in [5.74, 6) is -1.70. The highest BCUT2D eigenvalue weighted by Gasteiger charge is 2.64. The molecule has 6 atom stereocenters. The molecule has 26 heavy (non-hydrogen) atoms. The Labute approximate surface area is 157 Å². The average Bonchev–Trinajstić information content (AvgIpc) is 2.73. The van der Waals surface area contributed by atoms with Gasteiger partial charge in [0.2, 0.25) is 5.91 Å². The molecule has 0 aromatic rings. The predicted octanol–water partition coefficient (Wildman–Crippen LogP) is 2.49. The SMILES string of the molecule is CC(O[Si](C)(C)C(C)(C)C)[C@H]1C(=O)N2C(C(=O)O)C(/C=C/CO)[C@H](C)[C@H]12. The van der Waals surface area contributed by atoms with Gasteiger partial charge < -0.3 is 19.5 Å². The Morgan fingerprint density at radius 3 is 2.42 bits per heavy atom. The van der Waals surface area contributed by atoms with Crippen LogP contribution in [0.5, 0.6) is 0 Å². The lowest BCUT2D eigenvalue weighted by Gasteiger charge is -2.50. The number of hydrogen-bond donors (Lipinski definition) is 2. The molecule has 0 bridgehead atoms. The number of aliphatic carboxylic acids is 1. The number of hydrogen-bond acceptors (Lipinski definition) is 4. The topological polar surface area (TPSA) is 87.1 Å². The van der Waals surface area contributed by atoms with Gasteiger partial charge in [-0.1, -0.05) is 39.8 Å². The zero-order chi connectivity index (χ0) is 20.0. The molecule has 2 rings (SSSR count). The molecular formula is C19H33NO5Si. The van der Waals surface area contributed by atoms with E-state index >= 15 is 0 Å². The quantitative estimate of drug-likeness (QED) is 0.418. The van der Waals surface area contributed by atoms with E-state index < -0.39 is 20.3 Å². The zero-order valence-corrected chi connectivity index (χ0v) is 17.9. The van der Waals surface area contributed by atoms with Crippen LogP contribution in [-0.4, -0.2) is 60.1 Å². The molecule has 0 aromatic carbocycles. The Morgan fingerprint density at radius 2 is 1.96 bits per heavy atom. The molecule has 0 saturated carbocycles. The second-order valence-electron chi connectivity index (χ2n) is 9.18. The number of carbonyl (C=O) groups is 2. The molecule has 1 amide bonds. The molecule has 148 valence electrons. The predicted molar refractivity (Wildman–Crippen MR) is 102 cm³/mol. The van der Waals surface area contributed by atoms with E-state index in [0.717, 1.165) is 0 Å². The van der Waals surface area contributed by atoms with Crippen molar-refractivity contribution in [2.24, 2.45) is 17.8 Å². The Balaban J connectivity index is 2.24. The lowest BCUT2D eigenvalue weighted by molar-refractivity contribution is -0.170. The largest absolute Gasteiger partial charge is 0.480 e. The number of β-lactam (4-membered cyclic amide) rings is 1. The van der Waals surface area contributed by atoms with Crippen molar-refractivity contribution in [2.75, 3.05) is 6.61 Å². The number of carboxylic acid groups (broad SMARTS) is 1. The summed E-state index contributed by atoms with van der Waals surface area (Å²) in [7, 11) is -2.02. The summed E-state index contributed by atoms with van der Waals surface area (Å²) >= 11 is 0. The first-order valence-electron chi connectivity index (χ1n) is 9.35. The van der Waals surface area contributed by atoms with Crippen molar-refractivity contribution < 1.29 is 24.2 Å². The highest BCUT2D eigenvalue weighted by Crippen LogP contribution is 2.49. The van der Waals surface area contributed by atoms with Crippen LogP contribution in [0, 0.1) is 17.8 Å². The number of rotatable bonds is 6. The van der Waals surface area contributed by atoms with Crippen molar-refractivity contribution in [1.29, 1.82) is 0 Å². The van der Waals surface area contributed by atoms with E-state index in [1.165, 1.54) is 4.90 Å². The number of carbonyl (C=O) groups excluding carboxylic acids is 1. The molecule has 2 aliphatic rings. The lowest BCUT2D eigenvalue weighted by Crippen LogP contribution is -2.67. The van der Waals surface area contributed by atoms with Crippen LogP contribution in [0.15, 0.2) is 12.2 Å². The summed E-state index contributed by atoms with van der Waals surface area (Å²) in [6.45, 7) is 14.6. The third-order valence-electron chi connectivity index (χ3n) is 6.55. The van der Waals surface area contributed by atoms with Gasteiger partial charge in [0.05, 0.1) is 18.6 Å². The van der Waals surface area contributed by atoms with Crippen LogP contribution in [0.25, 0.3) is 0 Å². The molecule has 3 unspecified atom stereocenters. The van der Waals surface area contributed by atoms with E-state index in [2.05, 4.69) is 33.9 Å². The van der Waals surface area contributed by atoms with Crippen LogP contribution >= 0.6 is 0 Å². The van der Waals surface area contributed by atoms with Crippen molar-refractivity contribution in [3.8, 4) is 0 Å². The normalized spacial score (nSPS) is 33.3. The number of carboxylic acids is 1. The van der Waals surface area contributed by atoms with Crippen LogP contribution in [0.3, 0.4) is 0 Å². The third-order valence-corrected chi connectivity index (χ3v) is 11.1. The van der Waals surface area contributed by atoms with Gasteiger partial charge in [-0.05, 0) is 31.0 Å². The molecule has 6 nitrogen and oxygen atoms in total. The van der Waals surface area contributed by atoms with Crippen molar-refractivity contribution >= 4 is 20.2 Å². The molecule has 2 heterocycles. The Kier molecular flexibility index (Phi) is 5.76. The summed E-state index contributed by atoms with van der Waals surface area (Å²) in [5.41, 5.74) is 0. The third kappa shape index (κ3) is 3.36. The van der Waals surface area contributed by atoms with Crippen LogP contribution < -0.4 is 0 Å². The minimum absolute atomic E-state index is 0.00654. The van der Waals surface area contributed by atoms with Gasteiger partial charge in [0.15, 0.2) is 8.32 Å². The molecular weight excluding hydrogens is 350 g/mol. The van der Waals surface area contributed by atoms with E-state index in [1.54, 1.807) is 12.2 Å². The molecule has 2 saturated heterocycles. The van der Waals surface area contributed by atoms with Gasteiger partial charge >= 0.3 is 5.97 Å². The second-order valence-corrected chi connectivity index (χ2v) is 13.9. The maximum atomic E-state index is 12.8. The van der Waals surface area contributed by atoms with E-state index in [4.69, 9.17) is 9.53 Å². The lowest BCUT2D eigenvalue weighted by atomic mass is 9.77. The van der Waals surface area contributed by atoms with Gasteiger partial charge in [-0.2, -0.15) is 0 Å². The zero-order valence-electron chi connectivity index (χ0n) is 16.9. The van der Waals surface area contributed by atoms with Crippen molar-refractivity contribution in [2.45, 2.75) is 70.9 Å². The Hall–Kier alpha value is -1.18. The maximum Gasteiger partial charge on any atom is 0.327 e. The minimum Gasteiger partial charge on any atom is -0.480 e. The number of aliphatic hydroxyl groups is 1. The standard InChI is InChI=1S/C19H33NO5Si/c1-11-13(9-8-10-21)16(18(23)24)20-15(11)14(17(20)22)12(2)25-26(6,7)19(3,4)5/h8-9,11-16,21H,10H2,1-7H3,(H,23,24)/b9-8+/t11-,12?,13?,14+,15+,16?/m0/s1. The van der Waals surface area contributed by atoms with E-state index in [0.29, 0.717) is 0 Å². The maximum absolute atomic E-state index is 12.8. The summed E-state index contributed by atoms with van der Waals surface area (Å²) in [6.07, 6.45) is 3.07. The second kappa shape index (κ2) is 7.09. The molecule has 0 spiro atoms. The first-order chi connectivity index (χ1) is 11.8. The first kappa shape index (κ1) is 21.1. The fraction of sp³-hybridized carbons (Fsp3) is 0.789. The average molecular weight is 384 g/mol. The fourth-order valence-electron chi connectivity index (χ4n) is 4.13. The molecule has 0 aliphatic carbocycles. The van der Waals surface area contributed by atoms with Gasteiger partial charge in [0, 0.05) is 12.0 Å². The van der Waals surface area contributed by atoms with Crippen molar-refractivity contribution in [3.63, 3.8) is 0 Å². The van der Waals surface area contributed by atoms with Crippen LogP contribution in [0.4, 0.5) is 0 Å². The molecule has 2 N–H and O–H groups in total. The smallest absolute Gasteiger partial charge is 0.327 e. The first-order valence-corrected chi connectivity index (χ1v) is 12.3. The number of nitrogens with zero attached hydrogens (tertiary/aromatic N) is 1. The van der Waals surface area contributed by atoms with Crippen molar-refractivity contribution in [1.82, 2.24) is 4.90 Å². The summed E-state index contributed by atoms with van der Waals surface area (Å²) < 4.78 is 6.43. The molecule has 2 fully saturated rings. The highest BCUT2D eigenvalue weighted by molar-refractivity contribution is 6.74. The molecule has 0 aromatic heterocycles. The minimum atomic E-state index is -2.02. The van der Waals surface area contributed by atoms with Crippen LogP contribution in [0.2, 0.25) is 18.1 Å². The molecule has 7 heteroatoms. The van der Waals surface area contributed by atoms with Gasteiger partial charge in [-0.3, -0.25) is 4.79 Å². The number of amides is 1. The van der Waals surface area contributed by atoms with Crippen LogP contribution in [0.1, 0.15) is 34.6 Å². The van der Waals surface area contributed by atoms with Gasteiger partial charge in [0.25, 0.3) is 0 Å². The molecule has 0 radical (unpaired) electrons. The number of fused-ring (bicyclic) bond motifs is 1. The van der Waals surface area contributed by atoms with Crippen molar-refractivity contribution in [3.05, 3.63) is 12.2 Å². The summed E-state index contributed by atoms with van der Waals surface area (Å²) in [5, 5.41) is 18.7. The van der Waals surface area contributed by atoms with Gasteiger partial charge in [-0.25, -0.2) is 4.79 Å². The molecule has 2 aliphatic heterocycles. The van der Waals surface area contributed by atoms with Gasteiger partial charge in [0.1, 0.15) is 6.04 Å². The van der Waals surface area contributed by atoms with E-state index in [9.17, 15) is 14.7 Å². The van der Waals surface area contributed by atoms with Gasteiger partial charge in [-0.15, -0.1) is 0 Å². The van der Waals surface area contributed by atoms with E-state index in [-0.39, 0.29) is 47.5 Å². The van der Waals surface area contributed by atoms with Crippen LogP contribution in [-0.2, 0) is 14.0 Å². The monoisotopic (exact) mass is 383 g/mol. The Bertz CT molecular complexity index is 597. The summed E-state index contributed by atoms with van der Waals surface area (Å²) in [4.78, 5) is 26.1. The highest BCUT2D eigenvalue weighted by atomic mass is 28.4. The fourth-order valence-corrected chi connectivity index (χ4v) is 5.56. The summed E-state index contributed by atoms with van der Waals surface area (Å²) in [6, 6.07) is -0.988. The number of aliphatic hydroxyl groups excluding tert-OH is 1. The Morgan fingerprint density at radius 1 is 1.38 bits per heavy atom. The van der Waals surface area contributed by atoms with E-state index in [1.807, 2.05) is 13.8 Å².